The first-order chi connectivity index (χ1) is 14.6. The summed E-state index contributed by atoms with van der Waals surface area (Å²) in [7, 11) is 0. The molecule has 0 radical (unpaired) electrons. The summed E-state index contributed by atoms with van der Waals surface area (Å²) in [6.45, 7) is 7.09. The average Bonchev–Trinajstić information content (AvgIpc) is 2.74. The quantitative estimate of drug-likeness (QED) is 0.565. The number of rotatable bonds is 9. The number of thioether (sulfide) groups is 1. The molecule has 3 N–H and O–H groups in total. The Bertz CT molecular complexity index is 853. The van der Waals surface area contributed by atoms with E-state index in [1.807, 2.05) is 43.3 Å². The number of morpholine rings is 1. The molecule has 0 bridgehead atoms. The van der Waals surface area contributed by atoms with Gasteiger partial charge in [-0.3, -0.25) is 9.59 Å². The Morgan fingerprint density at radius 1 is 1.00 bits per heavy atom. The van der Waals surface area contributed by atoms with Crippen LogP contribution >= 0.6 is 11.8 Å². The SMILES string of the molecule is Cc1cccc(NC(=O)CSCC(=O)NCc2ccccc2C[NH+]2CCOCC2)c1. The molecule has 1 heterocycles. The molecule has 1 saturated heterocycles. The molecule has 0 saturated carbocycles. The number of ether oxygens (including phenoxy) is 1. The van der Waals surface area contributed by atoms with Gasteiger partial charge < -0.3 is 20.3 Å². The molecule has 2 aromatic rings. The minimum Gasteiger partial charge on any atom is -0.370 e. The molecule has 160 valence electrons. The van der Waals surface area contributed by atoms with Crippen molar-refractivity contribution in [2.75, 3.05) is 43.1 Å². The molecular formula is C23H30N3O3S+. The second-order valence-electron chi connectivity index (χ2n) is 7.50. The van der Waals surface area contributed by atoms with E-state index in [1.165, 1.54) is 22.2 Å². The number of hydrogen-bond acceptors (Lipinski definition) is 4. The summed E-state index contributed by atoms with van der Waals surface area (Å²) in [5, 5.41) is 5.84. The van der Waals surface area contributed by atoms with E-state index in [-0.39, 0.29) is 23.3 Å². The van der Waals surface area contributed by atoms with Crippen molar-refractivity contribution in [1.29, 1.82) is 0 Å². The fourth-order valence-electron chi connectivity index (χ4n) is 3.41. The lowest BCUT2D eigenvalue weighted by Crippen LogP contribution is -3.12. The number of anilines is 1. The highest BCUT2D eigenvalue weighted by atomic mass is 32.2. The number of aryl methyl sites for hydroxylation is 1. The summed E-state index contributed by atoms with van der Waals surface area (Å²) in [5.41, 5.74) is 4.28. The van der Waals surface area contributed by atoms with Crippen LogP contribution < -0.4 is 15.5 Å². The summed E-state index contributed by atoms with van der Waals surface area (Å²) in [5.74, 6) is 0.352. The second-order valence-corrected chi connectivity index (χ2v) is 8.48. The van der Waals surface area contributed by atoms with Gasteiger partial charge >= 0.3 is 0 Å². The molecule has 30 heavy (non-hydrogen) atoms. The lowest BCUT2D eigenvalue weighted by molar-refractivity contribution is -0.921. The smallest absolute Gasteiger partial charge is 0.234 e. The summed E-state index contributed by atoms with van der Waals surface area (Å²) in [4.78, 5) is 25.8. The molecule has 1 aliphatic heterocycles. The van der Waals surface area contributed by atoms with Crippen LogP contribution in [0.2, 0.25) is 0 Å². The number of benzene rings is 2. The Labute approximate surface area is 182 Å². The van der Waals surface area contributed by atoms with E-state index < -0.39 is 0 Å². The van der Waals surface area contributed by atoms with Crippen LogP contribution in [0.15, 0.2) is 48.5 Å². The first-order valence-corrected chi connectivity index (χ1v) is 11.4. The van der Waals surface area contributed by atoms with Gasteiger partial charge in [0, 0.05) is 17.8 Å². The normalized spacial score (nSPS) is 14.3. The van der Waals surface area contributed by atoms with Gasteiger partial charge in [0.05, 0.1) is 24.7 Å². The highest BCUT2D eigenvalue weighted by molar-refractivity contribution is 8.00. The van der Waals surface area contributed by atoms with Crippen LogP contribution in [0.5, 0.6) is 0 Å². The molecule has 0 unspecified atom stereocenters. The van der Waals surface area contributed by atoms with Crippen LogP contribution in [0.25, 0.3) is 0 Å². The van der Waals surface area contributed by atoms with E-state index >= 15 is 0 Å². The molecule has 0 aromatic heterocycles. The zero-order valence-electron chi connectivity index (χ0n) is 17.4. The highest BCUT2D eigenvalue weighted by Crippen LogP contribution is 2.11. The van der Waals surface area contributed by atoms with Crippen LogP contribution in [0.1, 0.15) is 16.7 Å². The topological polar surface area (TPSA) is 71.9 Å². The Kier molecular flexibility index (Phi) is 8.74. The first kappa shape index (κ1) is 22.3. The van der Waals surface area contributed by atoms with Gasteiger partial charge in [0.25, 0.3) is 0 Å². The molecule has 3 rings (SSSR count). The van der Waals surface area contributed by atoms with Crippen molar-refractivity contribution < 1.29 is 19.2 Å². The van der Waals surface area contributed by atoms with E-state index in [9.17, 15) is 9.59 Å². The van der Waals surface area contributed by atoms with Gasteiger partial charge in [-0.1, -0.05) is 36.4 Å². The number of nitrogens with one attached hydrogen (secondary N) is 3. The maximum Gasteiger partial charge on any atom is 0.234 e. The number of quaternary nitrogens is 1. The van der Waals surface area contributed by atoms with E-state index in [2.05, 4.69) is 22.8 Å². The van der Waals surface area contributed by atoms with Gasteiger partial charge in [0.15, 0.2) is 0 Å². The molecular weight excluding hydrogens is 398 g/mol. The zero-order chi connectivity index (χ0) is 21.2. The van der Waals surface area contributed by atoms with Crippen LogP contribution in [-0.4, -0.2) is 49.6 Å². The fraction of sp³-hybridized carbons (Fsp3) is 0.391. The van der Waals surface area contributed by atoms with E-state index in [0.717, 1.165) is 49.7 Å². The maximum atomic E-state index is 12.2. The number of carbonyl (C=O) groups is 2. The van der Waals surface area contributed by atoms with Gasteiger partial charge in [-0.2, -0.15) is 0 Å². The van der Waals surface area contributed by atoms with E-state index in [1.54, 1.807) is 0 Å². The average molecular weight is 429 g/mol. The predicted molar refractivity (Wildman–Crippen MR) is 121 cm³/mol. The number of hydrogen-bond donors (Lipinski definition) is 3. The molecule has 1 fully saturated rings. The van der Waals surface area contributed by atoms with Crippen LogP contribution in [0, 0.1) is 6.92 Å². The van der Waals surface area contributed by atoms with Crippen molar-refractivity contribution in [2.45, 2.75) is 20.0 Å². The van der Waals surface area contributed by atoms with Gasteiger partial charge in [-0.25, -0.2) is 0 Å². The van der Waals surface area contributed by atoms with Gasteiger partial charge in [0.1, 0.15) is 19.6 Å². The molecule has 0 aliphatic carbocycles. The lowest BCUT2D eigenvalue weighted by atomic mass is 10.1. The van der Waals surface area contributed by atoms with Crippen molar-refractivity contribution in [3.63, 3.8) is 0 Å². The first-order valence-electron chi connectivity index (χ1n) is 10.3. The van der Waals surface area contributed by atoms with E-state index in [4.69, 9.17) is 4.74 Å². The largest absolute Gasteiger partial charge is 0.370 e. The van der Waals surface area contributed by atoms with Crippen LogP contribution in [-0.2, 0) is 27.4 Å². The minimum absolute atomic E-state index is 0.0584. The van der Waals surface area contributed by atoms with E-state index in [0.29, 0.717) is 6.54 Å². The molecule has 2 aromatic carbocycles. The van der Waals surface area contributed by atoms with Crippen molar-refractivity contribution >= 4 is 29.3 Å². The van der Waals surface area contributed by atoms with Gasteiger partial charge in [0.2, 0.25) is 11.8 Å². The highest BCUT2D eigenvalue weighted by Gasteiger charge is 2.16. The number of amides is 2. The van der Waals surface area contributed by atoms with Crippen molar-refractivity contribution in [1.82, 2.24) is 5.32 Å². The molecule has 1 aliphatic rings. The molecule has 0 spiro atoms. The Morgan fingerprint density at radius 2 is 1.73 bits per heavy atom. The van der Waals surface area contributed by atoms with Crippen LogP contribution in [0.3, 0.4) is 0 Å². The standard InChI is InChI=1S/C23H29N3O3S/c1-18-5-4-8-21(13-18)25-23(28)17-30-16-22(27)24-14-19-6-2-3-7-20(19)15-26-9-11-29-12-10-26/h2-8,13H,9-12,14-17H2,1H3,(H,24,27)(H,25,28)/p+1. The Morgan fingerprint density at radius 3 is 2.50 bits per heavy atom. The van der Waals surface area contributed by atoms with Crippen molar-refractivity contribution in [3.05, 3.63) is 65.2 Å². The van der Waals surface area contributed by atoms with Crippen LogP contribution in [0.4, 0.5) is 5.69 Å². The Balaban J connectivity index is 1.39. The van der Waals surface area contributed by atoms with Gasteiger partial charge in [-0.15, -0.1) is 11.8 Å². The van der Waals surface area contributed by atoms with Gasteiger partial charge in [-0.05, 0) is 30.2 Å². The third-order valence-electron chi connectivity index (χ3n) is 5.00. The monoisotopic (exact) mass is 428 g/mol. The summed E-state index contributed by atoms with van der Waals surface area (Å²) < 4.78 is 5.43. The van der Waals surface area contributed by atoms with Crippen molar-refractivity contribution in [3.8, 4) is 0 Å². The fourth-order valence-corrected chi connectivity index (χ4v) is 4.06. The molecule has 7 heteroatoms. The zero-order valence-corrected chi connectivity index (χ0v) is 18.2. The lowest BCUT2D eigenvalue weighted by Gasteiger charge is -2.24. The molecule has 0 atom stereocenters. The maximum absolute atomic E-state index is 12.2. The predicted octanol–water partition coefficient (Wildman–Crippen LogP) is 1.40. The van der Waals surface area contributed by atoms with Crippen molar-refractivity contribution in [2.24, 2.45) is 0 Å². The summed E-state index contributed by atoms with van der Waals surface area (Å²) in [6.07, 6.45) is 0. The molecule has 2 amide bonds. The minimum atomic E-state index is -0.0998. The third-order valence-corrected chi connectivity index (χ3v) is 5.94. The summed E-state index contributed by atoms with van der Waals surface area (Å²) >= 11 is 1.32. The Hall–Kier alpha value is -2.35. The second kappa shape index (κ2) is 11.7. The summed E-state index contributed by atoms with van der Waals surface area (Å²) in [6, 6.07) is 15.9. The number of carbonyl (C=O) groups excluding carboxylic acids is 2. The third kappa shape index (κ3) is 7.48. The molecule has 6 nitrogen and oxygen atoms in total.